The molecular formula is C23H34O3. The number of benzene rings is 1. The van der Waals surface area contributed by atoms with E-state index in [9.17, 15) is 4.79 Å². The Morgan fingerprint density at radius 2 is 1.92 bits per heavy atom. The van der Waals surface area contributed by atoms with Gasteiger partial charge >= 0.3 is 5.97 Å². The molecule has 0 heterocycles. The van der Waals surface area contributed by atoms with Crippen LogP contribution in [-0.4, -0.2) is 25.8 Å². The van der Waals surface area contributed by atoms with Gasteiger partial charge in [0, 0.05) is 13.0 Å². The fourth-order valence-electron chi connectivity index (χ4n) is 3.95. The summed E-state index contributed by atoms with van der Waals surface area (Å²) in [5.74, 6) is 0.834. The second-order valence-electron chi connectivity index (χ2n) is 7.40. The topological polar surface area (TPSA) is 35.5 Å². The van der Waals surface area contributed by atoms with Crippen molar-refractivity contribution < 1.29 is 14.3 Å². The molecule has 1 fully saturated rings. The summed E-state index contributed by atoms with van der Waals surface area (Å²) >= 11 is 0. The van der Waals surface area contributed by atoms with Crippen LogP contribution in [0.1, 0.15) is 57.4 Å². The molecule has 0 N–H and O–H groups in total. The molecule has 1 saturated carbocycles. The van der Waals surface area contributed by atoms with Crippen LogP contribution in [0.25, 0.3) is 0 Å². The Morgan fingerprint density at radius 3 is 2.62 bits per heavy atom. The number of aryl methyl sites for hydroxylation is 1. The van der Waals surface area contributed by atoms with E-state index in [0.29, 0.717) is 24.9 Å². The molecule has 3 nitrogen and oxygen atoms in total. The third kappa shape index (κ3) is 7.33. The lowest BCUT2D eigenvalue weighted by Gasteiger charge is -2.32. The highest BCUT2D eigenvalue weighted by Gasteiger charge is 2.26. The van der Waals surface area contributed by atoms with Crippen molar-refractivity contribution in [2.24, 2.45) is 11.8 Å². The van der Waals surface area contributed by atoms with Crippen LogP contribution >= 0.6 is 0 Å². The molecule has 3 heteroatoms. The molecule has 0 aliphatic heterocycles. The molecule has 1 aromatic carbocycles. The van der Waals surface area contributed by atoms with Crippen LogP contribution < -0.4 is 0 Å². The largest absolute Gasteiger partial charge is 0.465 e. The van der Waals surface area contributed by atoms with Crippen LogP contribution in [0.15, 0.2) is 42.5 Å². The van der Waals surface area contributed by atoms with Crippen LogP contribution in [0.3, 0.4) is 0 Å². The van der Waals surface area contributed by atoms with Crippen LogP contribution in [0, 0.1) is 11.8 Å². The van der Waals surface area contributed by atoms with Crippen molar-refractivity contribution in [1.29, 1.82) is 0 Å². The van der Waals surface area contributed by atoms with Crippen LogP contribution in [0.5, 0.6) is 0 Å². The smallest absolute Gasteiger partial charge is 0.309 e. The highest BCUT2D eigenvalue weighted by Crippen LogP contribution is 2.31. The number of carbonyl (C=O) groups excluding carboxylic acids is 1. The maximum Gasteiger partial charge on any atom is 0.309 e. The average Bonchev–Trinajstić information content (AvgIpc) is 2.67. The quantitative estimate of drug-likeness (QED) is 0.322. The zero-order chi connectivity index (χ0) is 18.6. The molecule has 0 amide bonds. The lowest BCUT2D eigenvalue weighted by Crippen LogP contribution is -2.30. The minimum Gasteiger partial charge on any atom is -0.465 e. The number of rotatable bonds is 10. The van der Waals surface area contributed by atoms with Crippen LogP contribution in [0.4, 0.5) is 0 Å². The third-order valence-corrected chi connectivity index (χ3v) is 5.34. The number of hydrogen-bond acceptors (Lipinski definition) is 3. The van der Waals surface area contributed by atoms with Crippen molar-refractivity contribution in [3.05, 3.63) is 48.0 Å². The minimum absolute atomic E-state index is 0.145. The second kappa shape index (κ2) is 11.9. The lowest BCUT2D eigenvalue weighted by atomic mass is 9.80. The number of hydrogen-bond donors (Lipinski definition) is 0. The van der Waals surface area contributed by atoms with Crippen molar-refractivity contribution in [2.45, 2.75) is 64.4 Å². The Morgan fingerprint density at radius 1 is 1.19 bits per heavy atom. The molecule has 2 unspecified atom stereocenters. The monoisotopic (exact) mass is 358 g/mol. The molecule has 0 saturated heterocycles. The molecule has 1 aliphatic rings. The first kappa shape index (κ1) is 20.7. The summed E-state index contributed by atoms with van der Waals surface area (Å²) in [4.78, 5) is 11.9. The molecular weight excluding hydrogens is 324 g/mol. The van der Waals surface area contributed by atoms with Gasteiger partial charge in [-0.25, -0.2) is 0 Å². The Bertz CT molecular complexity index is 532. The Hall–Kier alpha value is -1.61. The summed E-state index contributed by atoms with van der Waals surface area (Å²) in [5, 5.41) is 0. The number of carbonyl (C=O) groups is 1. The first-order valence-corrected chi connectivity index (χ1v) is 10.1. The van der Waals surface area contributed by atoms with Gasteiger partial charge in [-0.2, -0.15) is 0 Å². The van der Waals surface area contributed by atoms with Gasteiger partial charge in [0.25, 0.3) is 0 Å². The van der Waals surface area contributed by atoms with E-state index in [1.165, 1.54) is 37.7 Å². The summed E-state index contributed by atoms with van der Waals surface area (Å²) in [6.45, 7) is 2.67. The molecule has 26 heavy (non-hydrogen) atoms. The predicted octanol–water partition coefficient (Wildman–Crippen LogP) is 5.34. The summed E-state index contributed by atoms with van der Waals surface area (Å²) in [5.41, 5.74) is 1.28. The van der Waals surface area contributed by atoms with E-state index in [2.05, 4.69) is 25.1 Å². The lowest BCUT2D eigenvalue weighted by molar-refractivity contribution is -0.142. The van der Waals surface area contributed by atoms with E-state index < -0.39 is 0 Å². The highest BCUT2D eigenvalue weighted by molar-refractivity contribution is 5.71. The van der Waals surface area contributed by atoms with Gasteiger partial charge in [0.05, 0.1) is 19.1 Å². The summed E-state index contributed by atoms with van der Waals surface area (Å²) in [6, 6.07) is 10.3. The first-order chi connectivity index (χ1) is 12.7. The SMILES string of the molecule is COC(C(C)/C=C/CC(=O)OCCCc1ccccc1)C1CCCCC1. The Kier molecular flexibility index (Phi) is 9.47. The van der Waals surface area contributed by atoms with E-state index in [1.807, 2.05) is 31.4 Å². The zero-order valence-corrected chi connectivity index (χ0v) is 16.4. The Labute approximate surface area is 158 Å². The third-order valence-electron chi connectivity index (χ3n) is 5.34. The van der Waals surface area contributed by atoms with Gasteiger partial charge in [0.1, 0.15) is 0 Å². The summed E-state index contributed by atoms with van der Waals surface area (Å²) in [6.07, 6.45) is 13.0. The van der Waals surface area contributed by atoms with Gasteiger partial charge in [-0.15, -0.1) is 0 Å². The molecule has 0 aromatic heterocycles. The van der Waals surface area contributed by atoms with Gasteiger partial charge in [0.2, 0.25) is 0 Å². The number of ether oxygens (including phenoxy) is 2. The van der Waals surface area contributed by atoms with Gasteiger partial charge in [-0.3, -0.25) is 4.79 Å². The highest BCUT2D eigenvalue weighted by atomic mass is 16.5. The van der Waals surface area contributed by atoms with Crippen LogP contribution in [-0.2, 0) is 20.7 Å². The predicted molar refractivity (Wildman–Crippen MR) is 106 cm³/mol. The first-order valence-electron chi connectivity index (χ1n) is 10.1. The van der Waals surface area contributed by atoms with E-state index in [4.69, 9.17) is 9.47 Å². The van der Waals surface area contributed by atoms with Crippen LogP contribution in [0.2, 0.25) is 0 Å². The van der Waals surface area contributed by atoms with Gasteiger partial charge in [-0.05, 0) is 37.2 Å². The molecule has 0 spiro atoms. The fourth-order valence-corrected chi connectivity index (χ4v) is 3.95. The maximum atomic E-state index is 11.9. The van der Waals surface area contributed by atoms with Crippen molar-refractivity contribution >= 4 is 5.97 Å². The molecule has 0 radical (unpaired) electrons. The van der Waals surface area contributed by atoms with Gasteiger partial charge < -0.3 is 9.47 Å². The van der Waals surface area contributed by atoms with Crippen molar-refractivity contribution in [1.82, 2.24) is 0 Å². The fraction of sp³-hybridized carbons (Fsp3) is 0.609. The Balaban J connectivity index is 1.63. The molecule has 2 atom stereocenters. The molecule has 0 bridgehead atoms. The second-order valence-corrected chi connectivity index (χ2v) is 7.40. The molecule has 1 aromatic rings. The van der Waals surface area contributed by atoms with Crippen molar-refractivity contribution in [3.8, 4) is 0 Å². The van der Waals surface area contributed by atoms with Gasteiger partial charge in [0.15, 0.2) is 0 Å². The normalized spacial score (nSPS) is 17.9. The average molecular weight is 359 g/mol. The maximum absolute atomic E-state index is 11.9. The molecule has 144 valence electrons. The summed E-state index contributed by atoms with van der Waals surface area (Å²) < 4.78 is 11.1. The number of methoxy groups -OCH3 is 1. The van der Waals surface area contributed by atoms with E-state index >= 15 is 0 Å². The zero-order valence-electron chi connectivity index (χ0n) is 16.4. The van der Waals surface area contributed by atoms with E-state index in [-0.39, 0.29) is 12.1 Å². The molecule has 1 aliphatic carbocycles. The van der Waals surface area contributed by atoms with Crippen molar-refractivity contribution in [3.63, 3.8) is 0 Å². The minimum atomic E-state index is -0.145. The van der Waals surface area contributed by atoms with E-state index in [1.54, 1.807) is 0 Å². The van der Waals surface area contributed by atoms with E-state index in [0.717, 1.165) is 12.8 Å². The standard InChI is InChI=1S/C23H34O3/c1-19(23(25-2)21-15-7-4-8-16-21)11-9-17-22(24)26-18-10-14-20-12-5-3-6-13-20/h3,5-6,9,11-13,19,21,23H,4,7-8,10,14-18H2,1-2H3/b11-9+. The van der Waals surface area contributed by atoms with Gasteiger partial charge in [-0.1, -0.05) is 68.7 Å². The molecule has 2 rings (SSSR count). The number of esters is 1. The summed E-state index contributed by atoms with van der Waals surface area (Å²) in [7, 11) is 1.81. The van der Waals surface area contributed by atoms with Crippen molar-refractivity contribution in [2.75, 3.05) is 13.7 Å².